The Morgan fingerprint density at radius 1 is 1.33 bits per heavy atom. The summed E-state index contributed by atoms with van der Waals surface area (Å²) in [6.07, 6.45) is -0.112. The summed E-state index contributed by atoms with van der Waals surface area (Å²) in [5.41, 5.74) is 0.0903. The van der Waals surface area contributed by atoms with Gasteiger partial charge in [0.05, 0.1) is 6.10 Å². The van der Waals surface area contributed by atoms with E-state index in [0.717, 1.165) is 12.1 Å². The first-order valence-corrected chi connectivity index (χ1v) is 5.71. The van der Waals surface area contributed by atoms with E-state index in [-0.39, 0.29) is 17.6 Å². The second-order valence-corrected chi connectivity index (χ2v) is 4.36. The Morgan fingerprint density at radius 3 is 2.50 bits per heavy atom. The molecule has 1 rings (SSSR count). The standard InChI is InChI=1S/C13H17F2NO2/c1-8(2)12(18-3)7-16-13(17)9-4-5-10(14)11(15)6-9/h4-6,8,12H,7H2,1-3H3,(H,16,17). The van der Waals surface area contributed by atoms with E-state index in [4.69, 9.17) is 4.74 Å². The second kappa shape index (κ2) is 6.44. The summed E-state index contributed by atoms with van der Waals surface area (Å²) in [6, 6.07) is 3.05. The zero-order valence-corrected chi connectivity index (χ0v) is 10.7. The highest BCUT2D eigenvalue weighted by molar-refractivity contribution is 5.94. The fourth-order valence-electron chi connectivity index (χ4n) is 1.52. The fraction of sp³-hybridized carbons (Fsp3) is 0.462. The van der Waals surface area contributed by atoms with Crippen LogP contribution < -0.4 is 5.32 Å². The smallest absolute Gasteiger partial charge is 0.251 e. The predicted molar refractivity (Wildman–Crippen MR) is 64.3 cm³/mol. The summed E-state index contributed by atoms with van der Waals surface area (Å²) in [7, 11) is 1.56. The van der Waals surface area contributed by atoms with Crippen molar-refractivity contribution in [3.05, 3.63) is 35.4 Å². The van der Waals surface area contributed by atoms with Gasteiger partial charge in [-0.2, -0.15) is 0 Å². The van der Waals surface area contributed by atoms with Crippen LogP contribution in [0.15, 0.2) is 18.2 Å². The summed E-state index contributed by atoms with van der Waals surface area (Å²) in [4.78, 5) is 11.7. The van der Waals surface area contributed by atoms with Gasteiger partial charge >= 0.3 is 0 Å². The lowest BCUT2D eigenvalue weighted by atomic mass is 10.1. The number of rotatable bonds is 5. The molecule has 1 N–H and O–H groups in total. The summed E-state index contributed by atoms with van der Waals surface area (Å²) in [5, 5.41) is 2.62. The maximum atomic E-state index is 13.0. The Morgan fingerprint density at radius 2 is 2.00 bits per heavy atom. The number of amides is 1. The molecule has 0 aliphatic carbocycles. The monoisotopic (exact) mass is 257 g/mol. The van der Waals surface area contributed by atoms with E-state index < -0.39 is 17.5 Å². The van der Waals surface area contributed by atoms with Crippen LogP contribution in [0, 0.1) is 17.6 Å². The van der Waals surface area contributed by atoms with E-state index in [2.05, 4.69) is 5.32 Å². The lowest BCUT2D eigenvalue weighted by Gasteiger charge is -2.19. The Hall–Kier alpha value is -1.49. The first-order chi connectivity index (χ1) is 8.45. The van der Waals surface area contributed by atoms with Crippen molar-refractivity contribution in [1.82, 2.24) is 5.32 Å². The summed E-state index contributed by atoms with van der Waals surface area (Å²) in [6.45, 7) is 4.27. The number of carbonyl (C=O) groups excluding carboxylic acids is 1. The van der Waals surface area contributed by atoms with Crippen LogP contribution in [-0.2, 0) is 4.74 Å². The zero-order chi connectivity index (χ0) is 13.7. The molecule has 0 aromatic heterocycles. The van der Waals surface area contributed by atoms with E-state index in [1.807, 2.05) is 13.8 Å². The van der Waals surface area contributed by atoms with E-state index in [1.165, 1.54) is 6.07 Å². The highest BCUT2D eigenvalue weighted by Crippen LogP contribution is 2.09. The van der Waals surface area contributed by atoms with Crippen LogP contribution in [0.5, 0.6) is 0 Å². The number of benzene rings is 1. The number of hydrogen-bond donors (Lipinski definition) is 1. The number of nitrogens with one attached hydrogen (secondary N) is 1. The van der Waals surface area contributed by atoms with Crippen molar-refractivity contribution in [3.8, 4) is 0 Å². The topological polar surface area (TPSA) is 38.3 Å². The Balaban J connectivity index is 2.62. The summed E-state index contributed by atoms with van der Waals surface area (Å²) >= 11 is 0. The molecule has 0 heterocycles. The van der Waals surface area contributed by atoms with Crippen molar-refractivity contribution in [2.24, 2.45) is 5.92 Å². The number of hydrogen-bond acceptors (Lipinski definition) is 2. The van der Waals surface area contributed by atoms with Gasteiger partial charge in [0.15, 0.2) is 11.6 Å². The highest BCUT2D eigenvalue weighted by atomic mass is 19.2. The highest BCUT2D eigenvalue weighted by Gasteiger charge is 2.15. The summed E-state index contributed by atoms with van der Waals surface area (Å²) < 4.78 is 30.9. The zero-order valence-electron chi connectivity index (χ0n) is 10.7. The van der Waals surface area contributed by atoms with Gasteiger partial charge in [0.1, 0.15) is 0 Å². The Kier molecular flexibility index (Phi) is 5.22. The molecule has 100 valence electrons. The molecule has 0 aliphatic heterocycles. The number of ether oxygens (including phenoxy) is 1. The van der Waals surface area contributed by atoms with Gasteiger partial charge in [-0.1, -0.05) is 13.8 Å². The third-order valence-electron chi connectivity index (χ3n) is 2.69. The number of halogens is 2. The van der Waals surface area contributed by atoms with Crippen molar-refractivity contribution in [2.75, 3.05) is 13.7 Å². The molecule has 3 nitrogen and oxygen atoms in total. The Labute approximate surface area is 105 Å². The minimum atomic E-state index is -1.03. The largest absolute Gasteiger partial charge is 0.379 e. The third-order valence-corrected chi connectivity index (χ3v) is 2.69. The molecule has 0 aliphatic rings. The van der Waals surface area contributed by atoms with Crippen LogP contribution in [0.1, 0.15) is 24.2 Å². The fourth-order valence-corrected chi connectivity index (χ4v) is 1.52. The van der Waals surface area contributed by atoms with Crippen molar-refractivity contribution in [1.29, 1.82) is 0 Å². The molecule has 0 spiro atoms. The molecule has 1 aromatic carbocycles. The normalized spacial score (nSPS) is 12.6. The van der Waals surface area contributed by atoms with Crippen LogP contribution >= 0.6 is 0 Å². The van der Waals surface area contributed by atoms with E-state index >= 15 is 0 Å². The van der Waals surface area contributed by atoms with E-state index in [9.17, 15) is 13.6 Å². The van der Waals surface area contributed by atoms with Gasteiger partial charge in [0.2, 0.25) is 0 Å². The lowest BCUT2D eigenvalue weighted by molar-refractivity contribution is 0.0605. The van der Waals surface area contributed by atoms with Gasteiger partial charge in [-0.3, -0.25) is 4.79 Å². The van der Waals surface area contributed by atoms with Gasteiger partial charge in [0, 0.05) is 19.2 Å². The van der Waals surface area contributed by atoms with Crippen LogP contribution in [0.4, 0.5) is 8.78 Å². The van der Waals surface area contributed by atoms with Gasteiger partial charge in [0.25, 0.3) is 5.91 Å². The molecule has 1 aromatic rings. The quantitative estimate of drug-likeness (QED) is 0.879. The van der Waals surface area contributed by atoms with Gasteiger partial charge < -0.3 is 10.1 Å². The molecule has 18 heavy (non-hydrogen) atoms. The molecular weight excluding hydrogens is 240 g/mol. The third kappa shape index (κ3) is 3.77. The average Bonchev–Trinajstić information content (AvgIpc) is 2.32. The summed E-state index contributed by atoms with van der Waals surface area (Å²) in [5.74, 6) is -2.20. The van der Waals surface area contributed by atoms with Crippen LogP contribution in [0.3, 0.4) is 0 Å². The van der Waals surface area contributed by atoms with Crippen molar-refractivity contribution in [3.63, 3.8) is 0 Å². The molecule has 0 saturated carbocycles. The molecule has 5 heteroatoms. The average molecular weight is 257 g/mol. The molecule has 1 unspecified atom stereocenters. The van der Waals surface area contributed by atoms with Crippen LogP contribution in [-0.4, -0.2) is 25.7 Å². The lowest BCUT2D eigenvalue weighted by Crippen LogP contribution is -2.36. The van der Waals surface area contributed by atoms with Crippen LogP contribution in [0.25, 0.3) is 0 Å². The molecule has 0 bridgehead atoms. The SMILES string of the molecule is COC(CNC(=O)c1ccc(F)c(F)c1)C(C)C. The maximum absolute atomic E-state index is 13.0. The van der Waals surface area contributed by atoms with Crippen molar-refractivity contribution < 1.29 is 18.3 Å². The van der Waals surface area contributed by atoms with Crippen molar-refractivity contribution in [2.45, 2.75) is 20.0 Å². The minimum absolute atomic E-state index is 0.0903. The second-order valence-electron chi connectivity index (χ2n) is 4.36. The predicted octanol–water partition coefficient (Wildman–Crippen LogP) is 2.37. The van der Waals surface area contributed by atoms with E-state index in [0.29, 0.717) is 6.54 Å². The molecule has 0 radical (unpaired) electrons. The minimum Gasteiger partial charge on any atom is -0.379 e. The number of carbonyl (C=O) groups is 1. The molecule has 0 saturated heterocycles. The maximum Gasteiger partial charge on any atom is 0.251 e. The van der Waals surface area contributed by atoms with Gasteiger partial charge in [-0.15, -0.1) is 0 Å². The molecule has 1 atom stereocenters. The Bertz CT molecular complexity index is 421. The van der Waals surface area contributed by atoms with Gasteiger partial charge in [-0.05, 0) is 24.1 Å². The molecular formula is C13H17F2NO2. The van der Waals surface area contributed by atoms with Crippen LogP contribution in [0.2, 0.25) is 0 Å². The first kappa shape index (κ1) is 14.6. The van der Waals surface area contributed by atoms with Gasteiger partial charge in [-0.25, -0.2) is 8.78 Å². The molecule has 0 fully saturated rings. The molecule has 1 amide bonds. The number of methoxy groups -OCH3 is 1. The first-order valence-electron chi connectivity index (χ1n) is 5.71. The van der Waals surface area contributed by atoms with Crippen molar-refractivity contribution >= 4 is 5.91 Å². The van der Waals surface area contributed by atoms with E-state index in [1.54, 1.807) is 7.11 Å².